The quantitative estimate of drug-likeness (QED) is 0.542. The monoisotopic (exact) mass is 379 g/mol. The number of amides is 1. The van der Waals surface area contributed by atoms with Gasteiger partial charge in [-0.2, -0.15) is 0 Å². The zero-order valence-corrected chi connectivity index (χ0v) is 15.8. The molecule has 0 saturated heterocycles. The van der Waals surface area contributed by atoms with Gasteiger partial charge in [0.05, 0.1) is 17.8 Å². The number of aromatic nitrogens is 2. The number of aryl methyl sites for hydroxylation is 2. The molecule has 2 aromatic carbocycles. The highest BCUT2D eigenvalue weighted by molar-refractivity contribution is 7.15. The van der Waals surface area contributed by atoms with Gasteiger partial charge in [0.1, 0.15) is 5.82 Å². The molecule has 4 aromatic rings. The zero-order valence-electron chi connectivity index (χ0n) is 15.0. The maximum Gasteiger partial charge on any atom is 0.230 e. The first kappa shape index (κ1) is 17.4. The van der Waals surface area contributed by atoms with Crippen molar-refractivity contribution in [3.63, 3.8) is 0 Å². The second-order valence-corrected chi connectivity index (χ2v) is 7.35. The van der Waals surface area contributed by atoms with E-state index >= 15 is 0 Å². The zero-order chi connectivity index (χ0) is 19.0. The second kappa shape index (κ2) is 6.96. The van der Waals surface area contributed by atoms with Gasteiger partial charge in [-0.15, -0.1) is 11.3 Å². The number of thiazole rings is 1. The van der Waals surface area contributed by atoms with Crippen LogP contribution in [0.3, 0.4) is 0 Å². The third kappa shape index (κ3) is 3.48. The van der Waals surface area contributed by atoms with Crippen molar-refractivity contribution in [1.82, 2.24) is 9.38 Å². The molecule has 6 heteroatoms. The highest BCUT2D eigenvalue weighted by atomic mass is 32.1. The molecule has 0 saturated carbocycles. The summed E-state index contributed by atoms with van der Waals surface area (Å²) in [4.78, 5) is 17.8. The Balaban J connectivity index is 1.58. The molecule has 0 fully saturated rings. The Morgan fingerprint density at radius 3 is 2.78 bits per heavy atom. The molecule has 0 spiro atoms. The molecule has 0 aliphatic carbocycles. The van der Waals surface area contributed by atoms with Crippen molar-refractivity contribution >= 4 is 27.9 Å². The molecule has 0 unspecified atom stereocenters. The lowest BCUT2D eigenvalue weighted by atomic mass is 10.0. The number of carbonyl (C=O) groups is 1. The first-order chi connectivity index (χ1) is 13.0. The van der Waals surface area contributed by atoms with Gasteiger partial charge in [0.2, 0.25) is 5.91 Å². The molecule has 27 heavy (non-hydrogen) atoms. The Morgan fingerprint density at radius 2 is 2.00 bits per heavy atom. The summed E-state index contributed by atoms with van der Waals surface area (Å²) < 4.78 is 15.6. The first-order valence-corrected chi connectivity index (χ1v) is 9.47. The van der Waals surface area contributed by atoms with Crippen LogP contribution in [0.5, 0.6) is 0 Å². The van der Waals surface area contributed by atoms with Gasteiger partial charge >= 0.3 is 0 Å². The van der Waals surface area contributed by atoms with Crippen LogP contribution >= 0.6 is 11.3 Å². The number of hydrogen-bond acceptors (Lipinski definition) is 3. The SMILES string of the molecule is Cc1ccc(-c2cn3c(CC(=O)Nc4ccccc4F)csc3n2)cc1C. The van der Waals surface area contributed by atoms with E-state index in [0.717, 1.165) is 21.9 Å². The number of rotatable bonds is 4. The molecule has 2 aromatic heterocycles. The summed E-state index contributed by atoms with van der Waals surface area (Å²) in [6.45, 7) is 4.16. The summed E-state index contributed by atoms with van der Waals surface area (Å²) in [6, 6.07) is 12.4. The van der Waals surface area contributed by atoms with Gasteiger partial charge in [0.25, 0.3) is 0 Å². The van der Waals surface area contributed by atoms with Crippen LogP contribution in [0.4, 0.5) is 10.1 Å². The minimum atomic E-state index is -0.444. The molecule has 1 amide bonds. The van der Waals surface area contributed by atoms with Crippen molar-refractivity contribution in [2.75, 3.05) is 5.32 Å². The average molecular weight is 379 g/mol. The lowest BCUT2D eigenvalue weighted by molar-refractivity contribution is -0.115. The van der Waals surface area contributed by atoms with E-state index in [1.807, 2.05) is 16.0 Å². The number of hydrogen-bond donors (Lipinski definition) is 1. The van der Waals surface area contributed by atoms with Crippen molar-refractivity contribution in [3.05, 3.63) is 76.7 Å². The molecule has 1 N–H and O–H groups in total. The Bertz CT molecular complexity index is 1150. The molecule has 2 heterocycles. The Labute approximate surface area is 160 Å². The van der Waals surface area contributed by atoms with Crippen molar-refractivity contribution in [1.29, 1.82) is 0 Å². The predicted molar refractivity (Wildman–Crippen MR) is 107 cm³/mol. The number of benzene rings is 2. The minimum absolute atomic E-state index is 0.150. The summed E-state index contributed by atoms with van der Waals surface area (Å²) in [5, 5.41) is 4.53. The molecular formula is C21H18FN3OS. The number of nitrogens with zero attached hydrogens (tertiary/aromatic N) is 2. The van der Waals surface area contributed by atoms with Gasteiger partial charge in [-0.3, -0.25) is 9.20 Å². The van der Waals surface area contributed by atoms with Crippen LogP contribution in [-0.2, 0) is 11.2 Å². The van der Waals surface area contributed by atoms with Crippen LogP contribution in [-0.4, -0.2) is 15.3 Å². The molecule has 0 aliphatic heterocycles. The standard InChI is InChI=1S/C21H18FN3OS/c1-13-7-8-15(9-14(13)2)19-11-25-16(12-27-21(25)24-19)10-20(26)23-18-6-4-3-5-17(18)22/h3-9,11-12H,10H2,1-2H3,(H,23,26). The maximum atomic E-state index is 13.7. The number of nitrogens with one attached hydrogen (secondary N) is 1. The average Bonchev–Trinajstić information content (AvgIpc) is 3.21. The number of imidazole rings is 1. The van der Waals surface area contributed by atoms with Gasteiger partial charge in [-0.25, -0.2) is 9.37 Å². The van der Waals surface area contributed by atoms with E-state index in [2.05, 4.69) is 42.3 Å². The summed E-state index contributed by atoms with van der Waals surface area (Å²) in [6.07, 6.45) is 2.10. The molecule has 0 aliphatic rings. The van der Waals surface area contributed by atoms with Crippen LogP contribution in [0.25, 0.3) is 16.2 Å². The first-order valence-electron chi connectivity index (χ1n) is 8.59. The Hall–Kier alpha value is -2.99. The number of carbonyl (C=O) groups excluding carboxylic acids is 1. The van der Waals surface area contributed by atoms with Crippen LogP contribution in [0, 0.1) is 19.7 Å². The normalized spacial score (nSPS) is 11.1. The molecule has 0 bridgehead atoms. The molecule has 0 radical (unpaired) electrons. The largest absolute Gasteiger partial charge is 0.323 e. The second-order valence-electron chi connectivity index (χ2n) is 6.51. The molecule has 136 valence electrons. The fraction of sp³-hybridized carbons (Fsp3) is 0.143. The fourth-order valence-corrected chi connectivity index (χ4v) is 3.79. The number of halogens is 1. The molecule has 4 nitrogen and oxygen atoms in total. The van der Waals surface area contributed by atoms with Crippen molar-refractivity contribution in [3.8, 4) is 11.3 Å². The van der Waals surface area contributed by atoms with Gasteiger partial charge in [-0.05, 0) is 43.2 Å². The summed E-state index contributed by atoms with van der Waals surface area (Å²) in [5.74, 6) is -0.706. The van der Waals surface area contributed by atoms with Crippen molar-refractivity contribution < 1.29 is 9.18 Å². The van der Waals surface area contributed by atoms with Gasteiger partial charge < -0.3 is 5.32 Å². The summed E-state index contributed by atoms with van der Waals surface area (Å²) >= 11 is 1.49. The van der Waals surface area contributed by atoms with Gasteiger partial charge in [-0.1, -0.05) is 24.3 Å². The van der Waals surface area contributed by atoms with E-state index in [-0.39, 0.29) is 18.0 Å². The van der Waals surface area contributed by atoms with Crippen molar-refractivity contribution in [2.24, 2.45) is 0 Å². The third-order valence-electron chi connectivity index (χ3n) is 4.58. The van der Waals surface area contributed by atoms with E-state index in [1.54, 1.807) is 18.2 Å². The lowest BCUT2D eigenvalue weighted by Gasteiger charge is -2.05. The Kier molecular flexibility index (Phi) is 4.49. The molecular weight excluding hydrogens is 361 g/mol. The predicted octanol–water partition coefficient (Wildman–Crippen LogP) is 5.00. The maximum absolute atomic E-state index is 13.7. The van der Waals surface area contributed by atoms with E-state index in [0.29, 0.717) is 0 Å². The lowest BCUT2D eigenvalue weighted by Crippen LogP contribution is -2.16. The minimum Gasteiger partial charge on any atom is -0.323 e. The highest BCUT2D eigenvalue weighted by Gasteiger charge is 2.14. The van der Waals surface area contributed by atoms with E-state index < -0.39 is 5.82 Å². The van der Waals surface area contributed by atoms with Crippen LogP contribution < -0.4 is 5.32 Å². The highest BCUT2D eigenvalue weighted by Crippen LogP contribution is 2.25. The molecule has 0 atom stereocenters. The number of anilines is 1. The van der Waals surface area contributed by atoms with E-state index in [4.69, 9.17) is 0 Å². The number of para-hydroxylation sites is 1. The van der Waals surface area contributed by atoms with E-state index in [9.17, 15) is 9.18 Å². The fourth-order valence-electron chi connectivity index (χ4n) is 2.92. The van der Waals surface area contributed by atoms with Crippen molar-refractivity contribution in [2.45, 2.75) is 20.3 Å². The third-order valence-corrected chi connectivity index (χ3v) is 5.46. The van der Waals surface area contributed by atoms with E-state index in [1.165, 1.54) is 28.5 Å². The van der Waals surface area contributed by atoms with Gasteiger partial charge in [0.15, 0.2) is 4.96 Å². The summed E-state index contributed by atoms with van der Waals surface area (Å²) in [5.41, 5.74) is 5.40. The number of fused-ring (bicyclic) bond motifs is 1. The molecule has 4 rings (SSSR count). The Morgan fingerprint density at radius 1 is 1.19 bits per heavy atom. The smallest absolute Gasteiger partial charge is 0.230 e. The van der Waals surface area contributed by atoms with Crippen LogP contribution in [0.2, 0.25) is 0 Å². The van der Waals surface area contributed by atoms with Crippen LogP contribution in [0.15, 0.2) is 54.0 Å². The van der Waals surface area contributed by atoms with Crippen LogP contribution in [0.1, 0.15) is 16.8 Å². The topological polar surface area (TPSA) is 46.4 Å². The van der Waals surface area contributed by atoms with Gasteiger partial charge in [0, 0.05) is 22.8 Å². The summed E-state index contributed by atoms with van der Waals surface area (Å²) in [7, 11) is 0.